The summed E-state index contributed by atoms with van der Waals surface area (Å²) < 4.78 is 14.4. The molecular formula is C11H16O8Se. The topological polar surface area (TPSA) is 119 Å². The standard InChI is InChI=1S/C11H16O8Se/c1-4(12)18-8-6(14)7(15)11(19-5(2)13)20-9(8)10(16)17-3/h6-9,11,14-15H,1-3H3/t6?,7?,8-,9?,11-/m1/s1. The van der Waals surface area contributed by atoms with Crippen LogP contribution in [0.4, 0.5) is 0 Å². The number of aliphatic hydroxyl groups is 2. The van der Waals surface area contributed by atoms with Crippen molar-refractivity contribution in [2.75, 3.05) is 7.11 Å². The monoisotopic (exact) mass is 356 g/mol. The predicted octanol–water partition coefficient (Wildman–Crippen LogP) is -1.79. The minimum atomic E-state index is -1.54. The molecule has 0 aromatic rings. The van der Waals surface area contributed by atoms with Gasteiger partial charge in [-0.2, -0.15) is 0 Å². The fourth-order valence-electron chi connectivity index (χ4n) is 1.73. The normalized spacial score (nSPS) is 33.1. The molecule has 1 saturated heterocycles. The Bertz CT molecular complexity index is 398. The number of esters is 3. The SMILES string of the molecule is COC(=O)C1[Se][C@@H](OC(C)=O)C(O)C(O)[C@H]1OC(C)=O. The first-order chi connectivity index (χ1) is 9.27. The summed E-state index contributed by atoms with van der Waals surface area (Å²) in [6, 6.07) is 0. The van der Waals surface area contributed by atoms with Crippen LogP contribution in [0.3, 0.4) is 0 Å². The molecule has 0 radical (unpaired) electrons. The van der Waals surface area contributed by atoms with Crippen LogP contribution in [0.25, 0.3) is 0 Å². The predicted molar refractivity (Wildman–Crippen MR) is 64.6 cm³/mol. The fraction of sp³-hybridized carbons (Fsp3) is 0.727. The van der Waals surface area contributed by atoms with Crippen LogP contribution in [-0.4, -0.2) is 73.5 Å². The van der Waals surface area contributed by atoms with Gasteiger partial charge in [0.05, 0.1) is 0 Å². The molecule has 1 heterocycles. The van der Waals surface area contributed by atoms with Crippen LogP contribution in [-0.2, 0) is 28.6 Å². The fourth-order valence-corrected chi connectivity index (χ4v) is 4.62. The second-order valence-corrected chi connectivity index (χ2v) is 6.72. The minimum absolute atomic E-state index is 0.641. The van der Waals surface area contributed by atoms with Crippen LogP contribution in [0.2, 0.25) is 4.82 Å². The van der Waals surface area contributed by atoms with E-state index in [1.165, 1.54) is 0 Å². The van der Waals surface area contributed by atoms with E-state index in [9.17, 15) is 24.6 Å². The molecule has 1 aliphatic rings. The van der Waals surface area contributed by atoms with Crippen LogP contribution < -0.4 is 0 Å². The van der Waals surface area contributed by atoms with Crippen molar-refractivity contribution < 1.29 is 38.8 Å². The number of hydrogen-bond donors (Lipinski definition) is 2. The Labute approximate surface area is 121 Å². The van der Waals surface area contributed by atoms with E-state index in [1.807, 2.05) is 0 Å². The van der Waals surface area contributed by atoms with Crippen LogP contribution in [0.5, 0.6) is 0 Å². The van der Waals surface area contributed by atoms with E-state index < -0.39 is 61.0 Å². The molecule has 0 aliphatic carbocycles. The van der Waals surface area contributed by atoms with Gasteiger partial charge < -0.3 is 0 Å². The number of methoxy groups -OCH3 is 1. The number of rotatable bonds is 3. The second kappa shape index (κ2) is 7.03. The molecule has 1 aliphatic heterocycles. The molecule has 8 nitrogen and oxygen atoms in total. The molecule has 0 aromatic heterocycles. The molecule has 1 fully saturated rings. The van der Waals surface area contributed by atoms with Crippen molar-refractivity contribution >= 4 is 32.9 Å². The quantitative estimate of drug-likeness (QED) is 0.346. The zero-order valence-corrected chi connectivity index (χ0v) is 12.9. The van der Waals surface area contributed by atoms with Crippen molar-refractivity contribution in [3.63, 3.8) is 0 Å². The van der Waals surface area contributed by atoms with Gasteiger partial charge in [0.2, 0.25) is 0 Å². The summed E-state index contributed by atoms with van der Waals surface area (Å²) in [7, 11) is 1.15. The van der Waals surface area contributed by atoms with Gasteiger partial charge >= 0.3 is 121 Å². The molecular weight excluding hydrogens is 339 g/mol. The van der Waals surface area contributed by atoms with Gasteiger partial charge in [0.1, 0.15) is 0 Å². The van der Waals surface area contributed by atoms with Crippen LogP contribution >= 0.6 is 0 Å². The molecule has 0 bridgehead atoms. The van der Waals surface area contributed by atoms with Gasteiger partial charge in [0.15, 0.2) is 0 Å². The molecule has 0 saturated carbocycles. The van der Waals surface area contributed by atoms with Crippen LogP contribution in [0, 0.1) is 0 Å². The molecule has 0 amide bonds. The number of carbonyl (C=O) groups excluding carboxylic acids is 3. The first-order valence-corrected chi connectivity index (χ1v) is 7.69. The number of carbonyl (C=O) groups is 3. The zero-order valence-electron chi connectivity index (χ0n) is 11.1. The van der Waals surface area contributed by atoms with Gasteiger partial charge in [0.25, 0.3) is 0 Å². The van der Waals surface area contributed by atoms with Crippen molar-refractivity contribution in [2.24, 2.45) is 0 Å². The van der Waals surface area contributed by atoms with Crippen LogP contribution in [0.15, 0.2) is 0 Å². The maximum absolute atomic E-state index is 11.7. The molecule has 0 aromatic carbocycles. The van der Waals surface area contributed by atoms with Gasteiger partial charge in [0, 0.05) is 0 Å². The Balaban J connectivity index is 2.97. The number of aliphatic hydroxyl groups excluding tert-OH is 2. The number of ether oxygens (including phenoxy) is 3. The van der Waals surface area contributed by atoms with E-state index in [4.69, 9.17) is 9.47 Å². The maximum atomic E-state index is 11.7. The zero-order chi connectivity index (χ0) is 15.4. The summed E-state index contributed by atoms with van der Waals surface area (Å²) in [5.41, 5.74) is 0. The summed E-state index contributed by atoms with van der Waals surface area (Å²) in [5.74, 6) is -2.03. The third kappa shape index (κ3) is 3.92. The first-order valence-electron chi connectivity index (χ1n) is 5.71. The van der Waals surface area contributed by atoms with Gasteiger partial charge in [-0.3, -0.25) is 0 Å². The van der Waals surface area contributed by atoms with Crippen molar-refractivity contribution in [1.82, 2.24) is 0 Å². The Morgan fingerprint density at radius 2 is 1.55 bits per heavy atom. The van der Waals surface area contributed by atoms with Crippen molar-refractivity contribution in [3.05, 3.63) is 0 Å². The molecule has 3 unspecified atom stereocenters. The van der Waals surface area contributed by atoms with Crippen molar-refractivity contribution in [2.45, 2.75) is 42.0 Å². The summed E-state index contributed by atoms with van der Waals surface area (Å²) in [4.78, 5) is 32.7. The average Bonchev–Trinajstić information content (AvgIpc) is 2.36. The summed E-state index contributed by atoms with van der Waals surface area (Å²) >= 11 is -0.752. The van der Waals surface area contributed by atoms with E-state index in [2.05, 4.69) is 4.74 Å². The van der Waals surface area contributed by atoms with Crippen molar-refractivity contribution in [1.29, 1.82) is 0 Å². The molecule has 5 atom stereocenters. The Kier molecular flexibility index (Phi) is 5.94. The summed E-state index contributed by atoms with van der Waals surface area (Å²) in [5, 5.41) is 18.8. The summed E-state index contributed by atoms with van der Waals surface area (Å²) in [6.45, 7) is 2.28. The molecule has 1 rings (SSSR count). The van der Waals surface area contributed by atoms with Gasteiger partial charge in [-0.25, -0.2) is 0 Å². The van der Waals surface area contributed by atoms with Crippen LogP contribution in [0.1, 0.15) is 13.8 Å². The average molecular weight is 355 g/mol. The van der Waals surface area contributed by atoms with E-state index in [1.54, 1.807) is 0 Å². The molecule has 0 spiro atoms. The van der Waals surface area contributed by atoms with Gasteiger partial charge in [-0.05, 0) is 0 Å². The Morgan fingerprint density at radius 3 is 2.00 bits per heavy atom. The molecule has 20 heavy (non-hydrogen) atoms. The molecule has 2 N–H and O–H groups in total. The van der Waals surface area contributed by atoms with Gasteiger partial charge in [-0.15, -0.1) is 0 Å². The first kappa shape index (κ1) is 16.9. The summed E-state index contributed by atoms with van der Waals surface area (Å²) in [6.07, 6.45) is -4.19. The van der Waals surface area contributed by atoms with E-state index >= 15 is 0 Å². The third-order valence-corrected chi connectivity index (χ3v) is 5.49. The number of hydrogen-bond acceptors (Lipinski definition) is 8. The van der Waals surface area contributed by atoms with E-state index in [0.29, 0.717) is 0 Å². The second-order valence-electron chi connectivity index (χ2n) is 4.11. The van der Waals surface area contributed by atoms with E-state index in [0.717, 1.165) is 21.0 Å². The third-order valence-electron chi connectivity index (χ3n) is 2.56. The van der Waals surface area contributed by atoms with E-state index in [-0.39, 0.29) is 0 Å². The molecule has 9 heteroatoms. The molecule has 114 valence electrons. The Hall–Kier alpha value is -1.15. The van der Waals surface area contributed by atoms with Gasteiger partial charge in [-0.1, -0.05) is 0 Å². The Morgan fingerprint density at radius 1 is 1.00 bits per heavy atom. The van der Waals surface area contributed by atoms with Crippen molar-refractivity contribution in [3.8, 4) is 0 Å².